The smallest absolute Gasteiger partial charge is 0.360 e. The monoisotopic (exact) mass is 508 g/mol. The fourth-order valence-corrected chi connectivity index (χ4v) is 4.88. The van der Waals surface area contributed by atoms with Crippen LogP contribution in [0.15, 0.2) is 53.9 Å². The SMILES string of the molecule is C\C=C(F)/C(=C\C(=C\CC)C(F)(F)F)c1cc2n(n1)CCCC2Nc1nsc2ccc(CF)cc12. The Morgan fingerprint density at radius 1 is 1.29 bits per heavy atom. The molecule has 3 heterocycles. The van der Waals surface area contributed by atoms with Crippen molar-refractivity contribution in [2.75, 3.05) is 5.32 Å². The number of nitrogens with zero attached hydrogens (tertiary/aromatic N) is 3. The number of rotatable bonds is 7. The maximum absolute atomic E-state index is 14.8. The number of hydrogen-bond donors (Lipinski definition) is 1. The number of fused-ring (bicyclic) bond motifs is 2. The fourth-order valence-electron chi connectivity index (χ4n) is 4.15. The average molecular weight is 509 g/mol. The summed E-state index contributed by atoms with van der Waals surface area (Å²) in [4.78, 5) is 0. The summed E-state index contributed by atoms with van der Waals surface area (Å²) in [6.45, 7) is 3.01. The summed E-state index contributed by atoms with van der Waals surface area (Å²) in [6, 6.07) is 6.71. The summed E-state index contributed by atoms with van der Waals surface area (Å²) in [6.07, 6.45) is 0.0460. The molecule has 4 nitrogen and oxygen atoms in total. The number of allylic oxidation sites excluding steroid dienone is 6. The van der Waals surface area contributed by atoms with Crippen molar-refractivity contribution in [1.29, 1.82) is 0 Å². The summed E-state index contributed by atoms with van der Waals surface area (Å²) in [7, 11) is 0. The third-order valence-corrected chi connectivity index (χ3v) is 6.69. The van der Waals surface area contributed by atoms with Crippen molar-refractivity contribution in [3.8, 4) is 0 Å². The number of anilines is 1. The molecular weight excluding hydrogens is 483 g/mol. The van der Waals surface area contributed by atoms with Crippen LogP contribution < -0.4 is 5.32 Å². The summed E-state index contributed by atoms with van der Waals surface area (Å²) < 4.78 is 75.6. The van der Waals surface area contributed by atoms with Gasteiger partial charge in [0, 0.05) is 17.5 Å². The molecule has 1 atom stereocenters. The van der Waals surface area contributed by atoms with Crippen molar-refractivity contribution < 1.29 is 22.0 Å². The van der Waals surface area contributed by atoms with Crippen LogP contribution in [0.1, 0.15) is 56.1 Å². The first-order valence-corrected chi connectivity index (χ1v) is 12.1. The van der Waals surface area contributed by atoms with Gasteiger partial charge in [-0.25, -0.2) is 8.78 Å². The minimum atomic E-state index is -4.61. The predicted molar refractivity (Wildman–Crippen MR) is 130 cm³/mol. The lowest BCUT2D eigenvalue weighted by Crippen LogP contribution is -2.21. The van der Waals surface area contributed by atoms with Gasteiger partial charge >= 0.3 is 6.18 Å². The normalized spacial score (nSPS) is 17.7. The van der Waals surface area contributed by atoms with E-state index in [0.717, 1.165) is 46.8 Å². The van der Waals surface area contributed by atoms with Crippen LogP contribution in [-0.4, -0.2) is 20.3 Å². The van der Waals surface area contributed by atoms with Gasteiger partial charge in [-0.15, -0.1) is 0 Å². The maximum Gasteiger partial charge on any atom is 0.416 e. The van der Waals surface area contributed by atoms with Crippen LogP contribution >= 0.6 is 11.5 Å². The number of benzene rings is 1. The van der Waals surface area contributed by atoms with Crippen LogP contribution in [0.2, 0.25) is 0 Å². The van der Waals surface area contributed by atoms with Crippen LogP contribution in [0, 0.1) is 0 Å². The molecule has 1 aliphatic rings. The van der Waals surface area contributed by atoms with E-state index in [2.05, 4.69) is 14.8 Å². The van der Waals surface area contributed by atoms with Crippen molar-refractivity contribution in [3.63, 3.8) is 0 Å². The highest BCUT2D eigenvalue weighted by Crippen LogP contribution is 2.37. The molecule has 0 saturated heterocycles. The van der Waals surface area contributed by atoms with E-state index < -0.39 is 24.3 Å². The summed E-state index contributed by atoms with van der Waals surface area (Å²) in [5.41, 5.74) is 0.298. The molecule has 10 heteroatoms. The van der Waals surface area contributed by atoms with Gasteiger partial charge < -0.3 is 5.32 Å². The molecule has 0 saturated carbocycles. The van der Waals surface area contributed by atoms with E-state index in [-0.39, 0.29) is 23.7 Å². The average Bonchev–Trinajstić information content (AvgIpc) is 3.45. The van der Waals surface area contributed by atoms with Gasteiger partial charge in [-0.1, -0.05) is 25.1 Å². The van der Waals surface area contributed by atoms with Gasteiger partial charge in [-0.2, -0.15) is 22.6 Å². The molecule has 1 N–H and O–H groups in total. The largest absolute Gasteiger partial charge is 0.416 e. The van der Waals surface area contributed by atoms with Gasteiger partial charge in [0.2, 0.25) is 0 Å². The number of aryl methyl sites for hydroxylation is 1. The second-order valence-electron chi connectivity index (χ2n) is 8.27. The van der Waals surface area contributed by atoms with Gasteiger partial charge in [0.25, 0.3) is 0 Å². The Balaban J connectivity index is 1.72. The first kappa shape index (κ1) is 25.1. The second-order valence-corrected chi connectivity index (χ2v) is 9.08. The van der Waals surface area contributed by atoms with E-state index in [1.807, 2.05) is 6.07 Å². The van der Waals surface area contributed by atoms with E-state index in [1.54, 1.807) is 29.8 Å². The van der Waals surface area contributed by atoms with Crippen LogP contribution in [-0.2, 0) is 13.2 Å². The Labute approximate surface area is 204 Å². The van der Waals surface area contributed by atoms with E-state index in [4.69, 9.17) is 0 Å². The summed E-state index contributed by atoms with van der Waals surface area (Å²) in [5, 5.41) is 8.65. The lowest BCUT2D eigenvalue weighted by Gasteiger charge is -2.24. The number of nitrogens with one attached hydrogen (secondary N) is 1. The lowest BCUT2D eigenvalue weighted by atomic mass is 10.0. The molecule has 2 aromatic heterocycles. The lowest BCUT2D eigenvalue weighted by molar-refractivity contribution is -0.0883. The summed E-state index contributed by atoms with van der Waals surface area (Å²) >= 11 is 1.30. The van der Waals surface area contributed by atoms with Crippen molar-refractivity contribution in [3.05, 3.63) is 70.8 Å². The Bertz CT molecular complexity index is 1300. The minimum absolute atomic E-state index is 0.137. The Morgan fingerprint density at radius 2 is 2.09 bits per heavy atom. The maximum atomic E-state index is 14.8. The standard InChI is InChI=1S/C25H25F5N4S/c1-3-6-16(25(28,29)30)12-17(19(27)4-2)21-13-22-20(7-5-10-34(22)32-21)31-24-18-11-15(14-26)8-9-23(18)35-33-24/h4,6,8-9,11-13,20H,3,5,7,10,14H2,1-2H3,(H,31,33)/b16-6-,17-12+,19-4+. The fraction of sp³-hybridized carbons (Fsp3) is 0.360. The molecule has 1 aromatic carbocycles. The van der Waals surface area contributed by atoms with Crippen molar-refractivity contribution in [1.82, 2.24) is 14.2 Å². The third kappa shape index (κ3) is 5.32. The van der Waals surface area contributed by atoms with Crippen molar-refractivity contribution in [2.45, 2.75) is 58.5 Å². The van der Waals surface area contributed by atoms with Crippen LogP contribution in [0.3, 0.4) is 0 Å². The van der Waals surface area contributed by atoms with Gasteiger partial charge in [0.15, 0.2) is 0 Å². The van der Waals surface area contributed by atoms with Crippen molar-refractivity contribution in [2.24, 2.45) is 0 Å². The van der Waals surface area contributed by atoms with E-state index in [9.17, 15) is 22.0 Å². The van der Waals surface area contributed by atoms with E-state index in [1.165, 1.54) is 18.5 Å². The quantitative estimate of drug-likeness (QED) is 0.259. The van der Waals surface area contributed by atoms with Crippen LogP contribution in [0.25, 0.3) is 15.7 Å². The molecule has 0 amide bonds. The third-order valence-electron chi connectivity index (χ3n) is 5.87. The number of hydrogen-bond acceptors (Lipinski definition) is 4. The molecular formula is C25H25F5N4S. The van der Waals surface area contributed by atoms with Crippen molar-refractivity contribution >= 4 is 33.0 Å². The van der Waals surface area contributed by atoms with Crippen LogP contribution in [0.4, 0.5) is 27.8 Å². The molecule has 0 aliphatic carbocycles. The first-order valence-electron chi connectivity index (χ1n) is 11.3. The Kier molecular flexibility index (Phi) is 7.39. The zero-order chi connectivity index (χ0) is 25.2. The Morgan fingerprint density at radius 3 is 2.77 bits per heavy atom. The highest BCUT2D eigenvalue weighted by Gasteiger charge is 2.33. The number of aromatic nitrogens is 3. The zero-order valence-corrected chi connectivity index (χ0v) is 20.1. The second kappa shape index (κ2) is 10.3. The molecule has 0 radical (unpaired) electrons. The minimum Gasteiger partial charge on any atom is -0.360 e. The van der Waals surface area contributed by atoms with E-state index >= 15 is 0 Å². The molecule has 0 spiro atoms. The molecule has 1 aliphatic heterocycles. The Hall–Kier alpha value is -3.01. The highest BCUT2D eigenvalue weighted by atomic mass is 32.1. The topological polar surface area (TPSA) is 42.7 Å². The predicted octanol–water partition coefficient (Wildman–Crippen LogP) is 8.06. The van der Waals surface area contributed by atoms with Crippen LogP contribution in [0.5, 0.6) is 0 Å². The van der Waals surface area contributed by atoms with Gasteiger partial charge in [0.1, 0.15) is 18.3 Å². The first-order chi connectivity index (χ1) is 16.7. The summed E-state index contributed by atoms with van der Waals surface area (Å²) in [5.74, 6) is -0.164. The highest BCUT2D eigenvalue weighted by molar-refractivity contribution is 7.13. The van der Waals surface area contributed by atoms with Gasteiger partial charge in [-0.05, 0) is 67.6 Å². The number of alkyl halides is 4. The molecule has 0 fully saturated rings. The molecule has 1 unspecified atom stereocenters. The van der Waals surface area contributed by atoms with E-state index in [0.29, 0.717) is 17.9 Å². The molecule has 35 heavy (non-hydrogen) atoms. The zero-order valence-electron chi connectivity index (χ0n) is 19.3. The number of halogens is 5. The molecule has 186 valence electrons. The molecule has 4 rings (SSSR count). The van der Waals surface area contributed by atoms with Gasteiger partial charge in [-0.3, -0.25) is 4.68 Å². The molecule has 0 bridgehead atoms. The van der Waals surface area contributed by atoms with Gasteiger partial charge in [0.05, 0.1) is 27.7 Å². The molecule has 3 aromatic rings.